The number of aliphatic hydroxyl groups is 1. The molecule has 130 valence electrons. The Labute approximate surface area is 146 Å². The Morgan fingerprint density at radius 3 is 2.60 bits per heavy atom. The zero-order valence-electron chi connectivity index (χ0n) is 14.2. The molecule has 2 aromatic carbocycles. The number of rotatable bonds is 6. The van der Waals surface area contributed by atoms with Crippen LogP contribution in [0.15, 0.2) is 54.6 Å². The van der Waals surface area contributed by atoms with Crippen molar-refractivity contribution in [1.29, 1.82) is 0 Å². The first kappa shape index (κ1) is 17.2. The molecule has 1 amide bonds. The van der Waals surface area contributed by atoms with Gasteiger partial charge in [0.2, 0.25) is 0 Å². The van der Waals surface area contributed by atoms with E-state index in [-0.39, 0.29) is 31.4 Å². The molecule has 0 aliphatic rings. The molecular formula is C20H21FN2O2. The van der Waals surface area contributed by atoms with Gasteiger partial charge in [-0.1, -0.05) is 36.4 Å². The first-order valence-corrected chi connectivity index (χ1v) is 8.37. The monoisotopic (exact) mass is 340 g/mol. The van der Waals surface area contributed by atoms with Crippen molar-refractivity contribution in [3.8, 4) is 0 Å². The Morgan fingerprint density at radius 1 is 1.16 bits per heavy atom. The number of carbonyl (C=O) groups is 1. The van der Waals surface area contributed by atoms with Crippen LogP contribution >= 0.6 is 0 Å². The molecule has 4 nitrogen and oxygen atoms in total. The normalized spacial score (nSPS) is 11.0. The quantitative estimate of drug-likeness (QED) is 0.748. The standard InChI is InChI=1S/C20H21FN2O2/c1-2-22(11-12-24)20(25)19-13-15-7-4-6-10-18(15)23(19)14-16-8-3-5-9-17(16)21/h3-10,13,24H,2,11-12,14H2,1H3. The number of benzene rings is 2. The molecule has 3 rings (SSSR count). The lowest BCUT2D eigenvalue weighted by Gasteiger charge is -2.21. The van der Waals surface area contributed by atoms with E-state index in [0.717, 1.165) is 10.9 Å². The van der Waals surface area contributed by atoms with Crippen molar-refractivity contribution in [3.05, 3.63) is 71.7 Å². The van der Waals surface area contributed by atoms with E-state index >= 15 is 0 Å². The van der Waals surface area contributed by atoms with Gasteiger partial charge in [0.15, 0.2) is 0 Å². The molecule has 0 fully saturated rings. The summed E-state index contributed by atoms with van der Waals surface area (Å²) in [6, 6.07) is 16.1. The summed E-state index contributed by atoms with van der Waals surface area (Å²) in [6.07, 6.45) is 0. The molecule has 0 bridgehead atoms. The summed E-state index contributed by atoms with van der Waals surface area (Å²) in [5, 5.41) is 10.1. The zero-order chi connectivity index (χ0) is 17.8. The molecular weight excluding hydrogens is 319 g/mol. The topological polar surface area (TPSA) is 45.5 Å². The van der Waals surface area contributed by atoms with E-state index in [0.29, 0.717) is 17.8 Å². The van der Waals surface area contributed by atoms with Crippen LogP contribution in [0, 0.1) is 5.82 Å². The Balaban J connectivity index is 2.09. The van der Waals surface area contributed by atoms with Crippen LogP contribution in [0.5, 0.6) is 0 Å². The van der Waals surface area contributed by atoms with Crippen molar-refractivity contribution in [2.45, 2.75) is 13.5 Å². The van der Waals surface area contributed by atoms with Crippen molar-refractivity contribution >= 4 is 16.8 Å². The first-order chi connectivity index (χ1) is 12.2. The molecule has 0 radical (unpaired) electrons. The fourth-order valence-corrected chi connectivity index (χ4v) is 3.04. The van der Waals surface area contributed by atoms with Crippen LogP contribution in [0.3, 0.4) is 0 Å². The average molecular weight is 340 g/mol. The van der Waals surface area contributed by atoms with Crippen LogP contribution in [0.25, 0.3) is 10.9 Å². The van der Waals surface area contributed by atoms with Gasteiger partial charge in [0.05, 0.1) is 13.2 Å². The molecule has 25 heavy (non-hydrogen) atoms. The number of likely N-dealkylation sites (N-methyl/N-ethyl adjacent to an activating group) is 1. The van der Waals surface area contributed by atoms with Crippen molar-refractivity contribution < 1.29 is 14.3 Å². The minimum Gasteiger partial charge on any atom is -0.395 e. The van der Waals surface area contributed by atoms with Gasteiger partial charge in [-0.2, -0.15) is 0 Å². The van der Waals surface area contributed by atoms with Crippen LogP contribution in [-0.2, 0) is 6.54 Å². The van der Waals surface area contributed by atoms with Gasteiger partial charge < -0.3 is 14.6 Å². The third-order valence-electron chi connectivity index (χ3n) is 4.35. The molecule has 0 spiro atoms. The predicted molar refractivity (Wildman–Crippen MR) is 96.1 cm³/mol. The highest BCUT2D eigenvalue weighted by Crippen LogP contribution is 2.23. The summed E-state index contributed by atoms with van der Waals surface area (Å²) >= 11 is 0. The number of amides is 1. The average Bonchev–Trinajstić information content (AvgIpc) is 2.99. The third-order valence-corrected chi connectivity index (χ3v) is 4.35. The van der Waals surface area contributed by atoms with Gasteiger partial charge in [-0.3, -0.25) is 4.79 Å². The van der Waals surface area contributed by atoms with Gasteiger partial charge in [0.25, 0.3) is 5.91 Å². The van der Waals surface area contributed by atoms with Gasteiger partial charge in [-0.25, -0.2) is 4.39 Å². The fourth-order valence-electron chi connectivity index (χ4n) is 3.04. The smallest absolute Gasteiger partial charge is 0.270 e. The molecule has 1 heterocycles. The molecule has 0 saturated heterocycles. The van der Waals surface area contributed by atoms with Crippen LogP contribution in [0.4, 0.5) is 4.39 Å². The maximum absolute atomic E-state index is 14.1. The summed E-state index contributed by atoms with van der Waals surface area (Å²) in [6.45, 7) is 2.83. The lowest BCUT2D eigenvalue weighted by atomic mass is 10.2. The minimum atomic E-state index is -0.290. The molecule has 5 heteroatoms. The molecule has 1 N–H and O–H groups in total. The highest BCUT2D eigenvalue weighted by Gasteiger charge is 2.20. The first-order valence-electron chi connectivity index (χ1n) is 8.37. The summed E-state index contributed by atoms with van der Waals surface area (Å²) in [5.41, 5.74) is 1.91. The largest absolute Gasteiger partial charge is 0.395 e. The lowest BCUT2D eigenvalue weighted by Crippen LogP contribution is -2.34. The molecule has 1 aromatic heterocycles. The second-order valence-electron chi connectivity index (χ2n) is 5.87. The number of aliphatic hydroxyl groups excluding tert-OH is 1. The molecule has 0 saturated carbocycles. The van der Waals surface area contributed by atoms with Crippen LogP contribution in [0.1, 0.15) is 23.0 Å². The Kier molecular flexibility index (Phi) is 5.14. The van der Waals surface area contributed by atoms with Gasteiger partial charge in [-0.15, -0.1) is 0 Å². The number of aromatic nitrogens is 1. The maximum Gasteiger partial charge on any atom is 0.270 e. The van der Waals surface area contributed by atoms with Crippen molar-refractivity contribution in [1.82, 2.24) is 9.47 Å². The summed E-state index contributed by atoms with van der Waals surface area (Å²) < 4.78 is 16.0. The van der Waals surface area contributed by atoms with Crippen LogP contribution in [0.2, 0.25) is 0 Å². The number of fused-ring (bicyclic) bond motifs is 1. The molecule has 0 aliphatic carbocycles. The highest BCUT2D eigenvalue weighted by molar-refractivity contribution is 5.98. The SMILES string of the molecule is CCN(CCO)C(=O)c1cc2ccccc2n1Cc1ccccc1F. The van der Waals surface area contributed by atoms with Crippen molar-refractivity contribution in [2.75, 3.05) is 19.7 Å². The molecule has 0 aliphatic heterocycles. The van der Waals surface area contributed by atoms with E-state index in [1.165, 1.54) is 6.07 Å². The van der Waals surface area contributed by atoms with Crippen molar-refractivity contribution in [3.63, 3.8) is 0 Å². The maximum atomic E-state index is 14.1. The van der Waals surface area contributed by atoms with Gasteiger partial charge in [-0.05, 0) is 25.1 Å². The molecule has 0 unspecified atom stereocenters. The molecule has 0 atom stereocenters. The molecule has 3 aromatic rings. The lowest BCUT2D eigenvalue weighted by molar-refractivity contribution is 0.0722. The van der Waals surface area contributed by atoms with Gasteiger partial charge >= 0.3 is 0 Å². The number of hydrogen-bond donors (Lipinski definition) is 1. The van der Waals surface area contributed by atoms with Crippen LogP contribution < -0.4 is 0 Å². The number of hydrogen-bond acceptors (Lipinski definition) is 2. The summed E-state index contributed by atoms with van der Waals surface area (Å²) in [5.74, 6) is -0.453. The van der Waals surface area contributed by atoms with E-state index in [1.54, 1.807) is 23.1 Å². The Morgan fingerprint density at radius 2 is 1.88 bits per heavy atom. The van der Waals surface area contributed by atoms with Crippen molar-refractivity contribution in [2.24, 2.45) is 0 Å². The van der Waals surface area contributed by atoms with Crippen LogP contribution in [-0.4, -0.2) is 40.2 Å². The van der Waals surface area contributed by atoms with E-state index in [4.69, 9.17) is 0 Å². The Hall–Kier alpha value is -2.66. The Bertz CT molecular complexity index is 888. The van der Waals surface area contributed by atoms with E-state index in [1.807, 2.05) is 41.8 Å². The highest BCUT2D eigenvalue weighted by atomic mass is 19.1. The number of nitrogens with zero attached hydrogens (tertiary/aromatic N) is 2. The fraction of sp³-hybridized carbons (Fsp3) is 0.250. The number of para-hydroxylation sites is 1. The third kappa shape index (κ3) is 3.42. The second kappa shape index (κ2) is 7.49. The summed E-state index contributed by atoms with van der Waals surface area (Å²) in [4.78, 5) is 14.5. The van der Waals surface area contributed by atoms with Gasteiger partial charge in [0, 0.05) is 29.6 Å². The minimum absolute atomic E-state index is 0.0902. The number of carbonyl (C=O) groups excluding carboxylic acids is 1. The second-order valence-corrected chi connectivity index (χ2v) is 5.87. The van der Waals surface area contributed by atoms with E-state index in [9.17, 15) is 14.3 Å². The van der Waals surface area contributed by atoms with E-state index in [2.05, 4.69) is 0 Å². The number of halogens is 1. The summed E-state index contributed by atoms with van der Waals surface area (Å²) in [7, 11) is 0. The van der Waals surface area contributed by atoms with E-state index < -0.39 is 0 Å². The predicted octanol–water partition coefficient (Wildman–Crippen LogP) is 3.28. The van der Waals surface area contributed by atoms with Gasteiger partial charge in [0.1, 0.15) is 11.5 Å². The zero-order valence-corrected chi connectivity index (χ0v) is 14.2.